The van der Waals surface area contributed by atoms with E-state index in [9.17, 15) is 5.11 Å². The number of benzene rings is 1. The summed E-state index contributed by atoms with van der Waals surface area (Å²) >= 11 is 0. The van der Waals surface area contributed by atoms with Crippen molar-refractivity contribution < 1.29 is 14.6 Å². The summed E-state index contributed by atoms with van der Waals surface area (Å²) in [5.41, 5.74) is 2.16. The van der Waals surface area contributed by atoms with Gasteiger partial charge in [-0.1, -0.05) is 6.07 Å². The van der Waals surface area contributed by atoms with Crippen LogP contribution in [0.25, 0.3) is 0 Å². The maximum Gasteiger partial charge on any atom is 0.129 e. The van der Waals surface area contributed by atoms with Crippen LogP contribution in [0.5, 0.6) is 11.5 Å². The standard InChI is InChI=1S/C16H25NO3/c1-11-15(19-2)8-7-12(16(11)20-3)10-17-13-5-4-6-14(18)9-13/h7-8,13-14,17-18H,4-6,9-10H2,1-3H3/t13-,14+/m0/s1. The van der Waals surface area contributed by atoms with Crippen molar-refractivity contribution in [2.45, 2.75) is 51.3 Å². The van der Waals surface area contributed by atoms with E-state index in [1.54, 1.807) is 14.2 Å². The molecule has 1 fully saturated rings. The predicted octanol–water partition coefficient (Wildman–Crippen LogP) is 2.41. The number of methoxy groups -OCH3 is 2. The van der Waals surface area contributed by atoms with Crippen molar-refractivity contribution in [2.75, 3.05) is 14.2 Å². The molecule has 0 bridgehead atoms. The van der Waals surface area contributed by atoms with Gasteiger partial charge in [-0.25, -0.2) is 0 Å². The van der Waals surface area contributed by atoms with E-state index in [0.29, 0.717) is 6.04 Å². The second-order valence-electron chi connectivity index (χ2n) is 5.48. The zero-order valence-corrected chi connectivity index (χ0v) is 12.6. The van der Waals surface area contributed by atoms with Crippen molar-refractivity contribution in [2.24, 2.45) is 0 Å². The molecule has 0 amide bonds. The van der Waals surface area contributed by atoms with Crippen molar-refractivity contribution in [3.8, 4) is 11.5 Å². The minimum Gasteiger partial charge on any atom is -0.496 e. The number of ether oxygens (including phenoxy) is 2. The lowest BCUT2D eigenvalue weighted by Crippen LogP contribution is -2.35. The van der Waals surface area contributed by atoms with Gasteiger partial charge in [0.05, 0.1) is 20.3 Å². The van der Waals surface area contributed by atoms with E-state index in [-0.39, 0.29) is 6.10 Å². The Labute approximate surface area is 121 Å². The number of hydrogen-bond acceptors (Lipinski definition) is 4. The van der Waals surface area contributed by atoms with E-state index in [0.717, 1.165) is 54.9 Å². The molecule has 0 aliphatic heterocycles. The first-order valence-electron chi connectivity index (χ1n) is 7.27. The van der Waals surface area contributed by atoms with Gasteiger partial charge < -0.3 is 19.9 Å². The maximum absolute atomic E-state index is 9.71. The molecule has 2 rings (SSSR count). The van der Waals surface area contributed by atoms with Crippen molar-refractivity contribution >= 4 is 0 Å². The van der Waals surface area contributed by atoms with E-state index in [2.05, 4.69) is 5.32 Å². The maximum atomic E-state index is 9.71. The molecule has 4 nitrogen and oxygen atoms in total. The van der Waals surface area contributed by atoms with Crippen LogP contribution in [0.15, 0.2) is 12.1 Å². The van der Waals surface area contributed by atoms with Crippen molar-refractivity contribution in [1.82, 2.24) is 5.32 Å². The third kappa shape index (κ3) is 3.44. The number of rotatable bonds is 5. The fourth-order valence-electron chi connectivity index (χ4n) is 2.98. The first kappa shape index (κ1) is 15.1. The molecule has 4 heteroatoms. The van der Waals surface area contributed by atoms with Crippen LogP contribution >= 0.6 is 0 Å². The fraction of sp³-hybridized carbons (Fsp3) is 0.625. The summed E-state index contributed by atoms with van der Waals surface area (Å²) in [7, 11) is 3.36. The molecule has 0 heterocycles. The van der Waals surface area contributed by atoms with Gasteiger partial charge in [0, 0.05) is 23.7 Å². The van der Waals surface area contributed by atoms with Crippen LogP contribution in [0.1, 0.15) is 36.8 Å². The van der Waals surface area contributed by atoms with Crippen LogP contribution < -0.4 is 14.8 Å². The Kier molecular flexibility index (Phi) is 5.26. The van der Waals surface area contributed by atoms with E-state index in [4.69, 9.17) is 9.47 Å². The van der Waals surface area contributed by atoms with Crippen molar-refractivity contribution in [3.05, 3.63) is 23.3 Å². The Hall–Kier alpha value is -1.26. The smallest absolute Gasteiger partial charge is 0.129 e. The summed E-state index contributed by atoms with van der Waals surface area (Å²) in [6, 6.07) is 4.41. The predicted molar refractivity (Wildman–Crippen MR) is 79.4 cm³/mol. The van der Waals surface area contributed by atoms with Crippen LogP contribution in [-0.2, 0) is 6.54 Å². The van der Waals surface area contributed by atoms with Gasteiger partial charge in [-0.05, 0) is 38.7 Å². The van der Waals surface area contributed by atoms with Crippen LogP contribution in [0.4, 0.5) is 0 Å². The lowest BCUT2D eigenvalue weighted by atomic mass is 9.93. The van der Waals surface area contributed by atoms with E-state index >= 15 is 0 Å². The SMILES string of the molecule is COc1ccc(CN[C@H]2CCC[C@@H](O)C2)c(OC)c1C. The normalized spacial score (nSPS) is 22.6. The first-order chi connectivity index (χ1) is 9.65. The molecule has 1 aromatic carbocycles. The highest BCUT2D eigenvalue weighted by Gasteiger charge is 2.20. The molecule has 1 aromatic rings. The molecule has 0 spiro atoms. The van der Waals surface area contributed by atoms with E-state index < -0.39 is 0 Å². The van der Waals surface area contributed by atoms with Crippen molar-refractivity contribution in [1.29, 1.82) is 0 Å². The Morgan fingerprint density at radius 2 is 2.05 bits per heavy atom. The first-order valence-corrected chi connectivity index (χ1v) is 7.27. The summed E-state index contributed by atoms with van der Waals surface area (Å²) in [6.45, 7) is 2.76. The second-order valence-corrected chi connectivity index (χ2v) is 5.48. The Bertz CT molecular complexity index is 448. The molecule has 0 radical (unpaired) electrons. The Morgan fingerprint density at radius 3 is 2.70 bits per heavy atom. The summed E-state index contributed by atoms with van der Waals surface area (Å²) in [6.07, 6.45) is 3.85. The number of aliphatic hydroxyl groups excluding tert-OH is 1. The molecule has 0 unspecified atom stereocenters. The molecule has 112 valence electrons. The fourth-order valence-corrected chi connectivity index (χ4v) is 2.98. The minimum absolute atomic E-state index is 0.152. The molecule has 2 N–H and O–H groups in total. The summed E-state index contributed by atoms with van der Waals surface area (Å²) in [5, 5.41) is 13.2. The zero-order chi connectivity index (χ0) is 14.5. The summed E-state index contributed by atoms with van der Waals surface area (Å²) in [4.78, 5) is 0. The molecule has 20 heavy (non-hydrogen) atoms. The van der Waals surface area contributed by atoms with Crippen LogP contribution in [0, 0.1) is 6.92 Å². The lowest BCUT2D eigenvalue weighted by molar-refractivity contribution is 0.111. The van der Waals surface area contributed by atoms with Crippen LogP contribution in [0.3, 0.4) is 0 Å². The molecule has 1 saturated carbocycles. The summed E-state index contributed by atoms with van der Waals surface area (Å²) < 4.78 is 10.8. The van der Waals surface area contributed by atoms with Gasteiger partial charge in [-0.2, -0.15) is 0 Å². The largest absolute Gasteiger partial charge is 0.496 e. The van der Waals surface area contributed by atoms with Gasteiger partial charge in [0.2, 0.25) is 0 Å². The molecular weight excluding hydrogens is 254 g/mol. The van der Waals surface area contributed by atoms with Crippen molar-refractivity contribution in [3.63, 3.8) is 0 Å². The van der Waals surface area contributed by atoms with Crippen LogP contribution in [0.2, 0.25) is 0 Å². The number of aliphatic hydroxyl groups is 1. The molecule has 0 aromatic heterocycles. The lowest BCUT2D eigenvalue weighted by Gasteiger charge is -2.27. The monoisotopic (exact) mass is 279 g/mol. The molecule has 0 saturated heterocycles. The third-order valence-electron chi connectivity index (χ3n) is 4.09. The van der Waals surface area contributed by atoms with Crippen LogP contribution in [-0.4, -0.2) is 31.5 Å². The molecule has 2 atom stereocenters. The molecule has 1 aliphatic rings. The highest BCUT2D eigenvalue weighted by atomic mass is 16.5. The van der Waals surface area contributed by atoms with Gasteiger partial charge in [-0.3, -0.25) is 0 Å². The minimum atomic E-state index is -0.152. The van der Waals surface area contributed by atoms with Gasteiger partial charge in [0.25, 0.3) is 0 Å². The Morgan fingerprint density at radius 1 is 1.25 bits per heavy atom. The third-order valence-corrected chi connectivity index (χ3v) is 4.09. The second kappa shape index (κ2) is 6.95. The zero-order valence-electron chi connectivity index (χ0n) is 12.6. The highest BCUT2D eigenvalue weighted by Crippen LogP contribution is 2.31. The Balaban J connectivity index is 2.03. The van der Waals surface area contributed by atoms with Gasteiger partial charge in [-0.15, -0.1) is 0 Å². The average molecular weight is 279 g/mol. The van der Waals surface area contributed by atoms with Gasteiger partial charge >= 0.3 is 0 Å². The summed E-state index contributed by atoms with van der Waals surface area (Å²) in [5.74, 6) is 1.73. The van der Waals surface area contributed by atoms with Gasteiger partial charge in [0.1, 0.15) is 11.5 Å². The number of hydrogen-bond donors (Lipinski definition) is 2. The topological polar surface area (TPSA) is 50.7 Å². The van der Waals surface area contributed by atoms with Gasteiger partial charge in [0.15, 0.2) is 0 Å². The molecular formula is C16H25NO3. The van der Waals surface area contributed by atoms with E-state index in [1.165, 1.54) is 0 Å². The van der Waals surface area contributed by atoms with E-state index in [1.807, 2.05) is 19.1 Å². The average Bonchev–Trinajstić information content (AvgIpc) is 2.45. The molecule has 1 aliphatic carbocycles. The number of nitrogens with one attached hydrogen (secondary N) is 1. The quantitative estimate of drug-likeness (QED) is 0.869. The highest BCUT2D eigenvalue weighted by molar-refractivity contribution is 5.49.